The van der Waals surface area contributed by atoms with Crippen LogP contribution in [0.25, 0.3) is 0 Å². The van der Waals surface area contributed by atoms with Gasteiger partial charge in [-0.15, -0.1) is 0 Å². The van der Waals surface area contributed by atoms with Crippen molar-refractivity contribution in [1.29, 1.82) is 0 Å². The lowest BCUT2D eigenvalue weighted by molar-refractivity contribution is -0.119. The van der Waals surface area contributed by atoms with Gasteiger partial charge >= 0.3 is 0 Å². The lowest BCUT2D eigenvalue weighted by Crippen LogP contribution is -2.41. The third kappa shape index (κ3) is 6.32. The van der Waals surface area contributed by atoms with Gasteiger partial charge in [0.1, 0.15) is 6.54 Å². The molecule has 5 nitrogen and oxygen atoms in total. The molecule has 162 valence electrons. The number of nitrogens with zero attached hydrogens (tertiary/aromatic N) is 1. The molecule has 0 aliphatic heterocycles. The highest BCUT2D eigenvalue weighted by atomic mass is 35.5. The molecule has 0 spiro atoms. The van der Waals surface area contributed by atoms with Crippen molar-refractivity contribution in [3.8, 4) is 0 Å². The van der Waals surface area contributed by atoms with Crippen molar-refractivity contribution >= 4 is 33.2 Å². The van der Waals surface area contributed by atoms with Gasteiger partial charge in [0, 0.05) is 11.6 Å². The van der Waals surface area contributed by atoms with E-state index in [0.29, 0.717) is 17.3 Å². The molecule has 3 aromatic rings. The van der Waals surface area contributed by atoms with E-state index in [1.54, 1.807) is 42.5 Å². The standard InChI is InChI=1S/C24H25ClN2O3S/c1-19-7-5-8-20(17-19)9-6-16-26-24(28)18-27(22-14-12-21(25)13-15-22)31(29,30)23-10-3-2-4-11-23/h2-5,7-8,10-15,17H,6,9,16,18H2,1H3,(H,26,28). The Hall–Kier alpha value is -2.83. The number of carbonyl (C=O) groups excluding carboxylic acids is 1. The first-order valence-corrected chi connectivity index (χ1v) is 11.8. The summed E-state index contributed by atoms with van der Waals surface area (Å²) in [4.78, 5) is 12.7. The Morgan fingerprint density at radius 3 is 2.35 bits per heavy atom. The van der Waals surface area contributed by atoms with Crippen molar-refractivity contribution in [1.82, 2.24) is 5.32 Å². The van der Waals surface area contributed by atoms with Gasteiger partial charge in [-0.05, 0) is 61.7 Å². The Labute approximate surface area is 188 Å². The maximum atomic E-state index is 13.2. The Morgan fingerprint density at radius 1 is 0.968 bits per heavy atom. The summed E-state index contributed by atoms with van der Waals surface area (Å²) in [6.07, 6.45) is 1.60. The third-order valence-corrected chi connectivity index (χ3v) is 6.82. The lowest BCUT2D eigenvalue weighted by Gasteiger charge is -2.24. The highest BCUT2D eigenvalue weighted by molar-refractivity contribution is 7.92. The number of benzene rings is 3. The van der Waals surface area contributed by atoms with E-state index in [9.17, 15) is 13.2 Å². The molecule has 0 aliphatic rings. The number of rotatable bonds is 9. The predicted molar refractivity (Wildman–Crippen MR) is 125 cm³/mol. The summed E-state index contributed by atoms with van der Waals surface area (Å²) in [6, 6.07) is 22.7. The quantitative estimate of drug-likeness (QED) is 0.479. The second-order valence-corrected chi connectivity index (χ2v) is 9.54. The van der Waals surface area contributed by atoms with Gasteiger partial charge in [0.25, 0.3) is 10.0 Å². The zero-order valence-electron chi connectivity index (χ0n) is 17.3. The molecule has 3 aromatic carbocycles. The van der Waals surface area contributed by atoms with Gasteiger partial charge in [-0.25, -0.2) is 8.42 Å². The zero-order valence-corrected chi connectivity index (χ0v) is 18.9. The van der Waals surface area contributed by atoms with E-state index in [4.69, 9.17) is 11.6 Å². The van der Waals surface area contributed by atoms with Crippen LogP contribution >= 0.6 is 11.6 Å². The van der Waals surface area contributed by atoms with Crippen molar-refractivity contribution in [2.75, 3.05) is 17.4 Å². The number of aryl methyl sites for hydroxylation is 2. The topological polar surface area (TPSA) is 66.5 Å². The van der Waals surface area contributed by atoms with Crippen LogP contribution in [0.4, 0.5) is 5.69 Å². The average Bonchev–Trinajstić information content (AvgIpc) is 2.76. The average molecular weight is 457 g/mol. The SMILES string of the molecule is Cc1cccc(CCCNC(=O)CN(c2ccc(Cl)cc2)S(=O)(=O)c2ccccc2)c1. The molecule has 0 radical (unpaired) electrons. The lowest BCUT2D eigenvalue weighted by atomic mass is 10.1. The fourth-order valence-electron chi connectivity index (χ4n) is 3.22. The van der Waals surface area contributed by atoms with Crippen LogP contribution in [0.5, 0.6) is 0 Å². The van der Waals surface area contributed by atoms with E-state index >= 15 is 0 Å². The van der Waals surface area contributed by atoms with Crippen LogP contribution < -0.4 is 9.62 Å². The zero-order chi connectivity index (χ0) is 22.3. The molecule has 7 heteroatoms. The monoisotopic (exact) mass is 456 g/mol. The van der Waals surface area contributed by atoms with Crippen LogP contribution in [0.1, 0.15) is 17.5 Å². The van der Waals surface area contributed by atoms with Crippen LogP contribution in [-0.2, 0) is 21.2 Å². The summed E-state index contributed by atoms with van der Waals surface area (Å²) in [5, 5.41) is 3.32. The Kier molecular flexibility index (Phi) is 7.71. The third-order valence-electron chi connectivity index (χ3n) is 4.78. The molecule has 0 unspecified atom stereocenters. The molecular formula is C24H25ClN2O3S. The van der Waals surface area contributed by atoms with Crippen LogP contribution in [0.2, 0.25) is 5.02 Å². The second kappa shape index (κ2) is 10.5. The summed E-state index contributed by atoms with van der Waals surface area (Å²) in [7, 11) is -3.91. The minimum atomic E-state index is -3.91. The van der Waals surface area contributed by atoms with Gasteiger partial charge in [0.15, 0.2) is 0 Å². The minimum Gasteiger partial charge on any atom is -0.355 e. The van der Waals surface area contributed by atoms with Crippen molar-refractivity contribution in [2.24, 2.45) is 0 Å². The van der Waals surface area contributed by atoms with E-state index < -0.39 is 10.0 Å². The molecule has 1 N–H and O–H groups in total. The molecule has 0 saturated carbocycles. The summed E-state index contributed by atoms with van der Waals surface area (Å²) in [5.41, 5.74) is 2.79. The first-order chi connectivity index (χ1) is 14.9. The first kappa shape index (κ1) is 22.8. The number of amides is 1. The molecule has 3 rings (SSSR count). The Balaban J connectivity index is 1.68. The molecule has 0 saturated heterocycles. The molecule has 0 heterocycles. The van der Waals surface area contributed by atoms with Crippen LogP contribution in [0, 0.1) is 6.92 Å². The normalized spacial score (nSPS) is 11.2. The number of carbonyl (C=O) groups is 1. The molecule has 31 heavy (non-hydrogen) atoms. The molecule has 0 fully saturated rings. The van der Waals surface area contributed by atoms with E-state index in [2.05, 4.69) is 17.4 Å². The second-order valence-electron chi connectivity index (χ2n) is 7.24. The van der Waals surface area contributed by atoms with Crippen molar-refractivity contribution in [3.05, 3.63) is 95.0 Å². The number of halogens is 1. The maximum absolute atomic E-state index is 13.2. The molecule has 0 aliphatic carbocycles. The number of anilines is 1. The van der Waals surface area contributed by atoms with Gasteiger partial charge in [0.2, 0.25) is 5.91 Å². The summed E-state index contributed by atoms with van der Waals surface area (Å²) < 4.78 is 27.5. The highest BCUT2D eigenvalue weighted by Crippen LogP contribution is 2.25. The van der Waals surface area contributed by atoms with E-state index in [0.717, 1.165) is 17.1 Å². The van der Waals surface area contributed by atoms with Crippen molar-refractivity contribution in [3.63, 3.8) is 0 Å². The largest absolute Gasteiger partial charge is 0.355 e. The molecule has 0 atom stereocenters. The summed E-state index contributed by atoms with van der Waals surface area (Å²) in [5.74, 6) is -0.362. The number of hydrogen-bond donors (Lipinski definition) is 1. The number of nitrogens with one attached hydrogen (secondary N) is 1. The van der Waals surface area contributed by atoms with Gasteiger partial charge < -0.3 is 5.32 Å². The highest BCUT2D eigenvalue weighted by Gasteiger charge is 2.26. The van der Waals surface area contributed by atoms with Crippen LogP contribution in [0.3, 0.4) is 0 Å². The number of sulfonamides is 1. The van der Waals surface area contributed by atoms with E-state index in [-0.39, 0.29) is 17.3 Å². The summed E-state index contributed by atoms with van der Waals surface area (Å²) in [6.45, 7) is 2.19. The number of hydrogen-bond acceptors (Lipinski definition) is 3. The Bertz CT molecular complexity index is 1120. The summed E-state index contributed by atoms with van der Waals surface area (Å²) >= 11 is 5.95. The molecule has 1 amide bonds. The molecular weight excluding hydrogens is 432 g/mol. The molecule has 0 bridgehead atoms. The van der Waals surface area contributed by atoms with Gasteiger partial charge in [-0.2, -0.15) is 0 Å². The van der Waals surface area contributed by atoms with Crippen LogP contribution in [-0.4, -0.2) is 27.4 Å². The van der Waals surface area contributed by atoms with Crippen molar-refractivity contribution < 1.29 is 13.2 Å². The fraction of sp³-hybridized carbons (Fsp3) is 0.208. The van der Waals surface area contributed by atoms with E-state index in [1.165, 1.54) is 23.3 Å². The molecule has 0 aromatic heterocycles. The smallest absolute Gasteiger partial charge is 0.264 e. The maximum Gasteiger partial charge on any atom is 0.264 e. The van der Waals surface area contributed by atoms with E-state index in [1.807, 2.05) is 19.1 Å². The van der Waals surface area contributed by atoms with Gasteiger partial charge in [-0.1, -0.05) is 59.6 Å². The van der Waals surface area contributed by atoms with Gasteiger partial charge in [-0.3, -0.25) is 9.10 Å². The van der Waals surface area contributed by atoms with Crippen LogP contribution in [0.15, 0.2) is 83.8 Å². The van der Waals surface area contributed by atoms with Gasteiger partial charge in [0.05, 0.1) is 10.6 Å². The van der Waals surface area contributed by atoms with Crippen molar-refractivity contribution in [2.45, 2.75) is 24.7 Å². The Morgan fingerprint density at radius 2 is 1.68 bits per heavy atom. The fourth-order valence-corrected chi connectivity index (χ4v) is 4.78. The predicted octanol–water partition coefficient (Wildman–Crippen LogP) is 4.59. The minimum absolute atomic E-state index is 0.122. The first-order valence-electron chi connectivity index (χ1n) is 10.0.